The average Bonchev–Trinajstić information content (AvgIpc) is 2.97. The zero-order valence-corrected chi connectivity index (χ0v) is 19.1. The summed E-state index contributed by atoms with van der Waals surface area (Å²) >= 11 is 7.28. The second-order valence-electron chi connectivity index (χ2n) is 7.52. The van der Waals surface area contributed by atoms with E-state index < -0.39 is 33.2 Å². The van der Waals surface area contributed by atoms with E-state index in [1.165, 1.54) is 11.3 Å². The Kier molecular flexibility index (Phi) is 7.15. The number of carbonyl (C=O) groups excluding carboxylic acids is 2. The van der Waals surface area contributed by atoms with E-state index in [4.69, 9.17) is 11.6 Å². The van der Waals surface area contributed by atoms with Crippen LogP contribution in [0.3, 0.4) is 0 Å². The van der Waals surface area contributed by atoms with Crippen molar-refractivity contribution >= 4 is 54.8 Å². The summed E-state index contributed by atoms with van der Waals surface area (Å²) in [6.07, 6.45) is 3.55. The molecule has 1 aliphatic heterocycles. The van der Waals surface area contributed by atoms with Crippen molar-refractivity contribution < 1.29 is 18.0 Å². The normalized spacial score (nSPS) is 18.0. The fraction of sp³-hybridized carbons (Fsp3) is 0.450. The van der Waals surface area contributed by atoms with E-state index in [1.807, 2.05) is 13.0 Å². The number of hydrogen-bond acceptors (Lipinski definition) is 5. The third-order valence-electron chi connectivity index (χ3n) is 4.87. The first-order valence-electron chi connectivity index (χ1n) is 9.64. The van der Waals surface area contributed by atoms with Crippen LogP contribution in [0.4, 0.5) is 0 Å². The molecule has 162 valence electrons. The molecule has 2 heterocycles. The Morgan fingerprint density at radius 3 is 2.83 bits per heavy atom. The molecule has 1 unspecified atom stereocenters. The van der Waals surface area contributed by atoms with Crippen LogP contribution in [0, 0.1) is 5.92 Å². The Hall–Kier alpha value is -1.97. The predicted octanol–water partition coefficient (Wildman–Crippen LogP) is 2.64. The minimum Gasteiger partial charge on any atom is -0.342 e. The third kappa shape index (κ3) is 5.59. The smallest absolute Gasteiger partial charge is 0.263 e. The summed E-state index contributed by atoms with van der Waals surface area (Å²) in [6, 6.07) is 5.31. The number of fused-ring (bicyclic) bond motifs is 1. The van der Waals surface area contributed by atoms with E-state index in [0.29, 0.717) is 35.4 Å². The topological polar surface area (TPSA) is 88.8 Å². The number of likely N-dealkylation sites (tertiary alicyclic amines) is 1. The van der Waals surface area contributed by atoms with Crippen LogP contribution < -0.4 is 4.80 Å². The second kappa shape index (κ2) is 9.45. The Morgan fingerprint density at radius 2 is 2.13 bits per heavy atom. The monoisotopic (exact) mass is 469 g/mol. The van der Waals surface area contributed by atoms with Gasteiger partial charge in [0.2, 0.25) is 5.91 Å². The van der Waals surface area contributed by atoms with Gasteiger partial charge in [0, 0.05) is 24.7 Å². The van der Waals surface area contributed by atoms with Crippen LogP contribution >= 0.6 is 22.9 Å². The van der Waals surface area contributed by atoms with Crippen molar-refractivity contribution in [2.24, 2.45) is 10.9 Å². The van der Waals surface area contributed by atoms with Crippen molar-refractivity contribution in [1.82, 2.24) is 9.47 Å². The van der Waals surface area contributed by atoms with E-state index >= 15 is 0 Å². The van der Waals surface area contributed by atoms with Crippen molar-refractivity contribution in [2.45, 2.75) is 26.3 Å². The van der Waals surface area contributed by atoms with Crippen LogP contribution in [0.2, 0.25) is 5.02 Å². The van der Waals surface area contributed by atoms with Gasteiger partial charge >= 0.3 is 0 Å². The molecule has 0 saturated carbocycles. The zero-order chi connectivity index (χ0) is 21.9. The number of piperidine rings is 1. The maximum atomic E-state index is 12.4. The molecule has 3 rings (SSSR count). The molecular weight excluding hydrogens is 446 g/mol. The molecule has 30 heavy (non-hydrogen) atoms. The summed E-state index contributed by atoms with van der Waals surface area (Å²) < 4.78 is 27.5. The van der Waals surface area contributed by atoms with Crippen molar-refractivity contribution in [1.29, 1.82) is 0 Å². The lowest BCUT2D eigenvalue weighted by Crippen LogP contribution is -2.42. The summed E-state index contributed by atoms with van der Waals surface area (Å²) in [5, 5.41) is 0.556. The molecule has 0 radical (unpaired) electrons. The number of aromatic nitrogens is 1. The minimum atomic E-state index is -3.91. The largest absolute Gasteiger partial charge is 0.342 e. The molecule has 10 heteroatoms. The number of nitrogens with zero attached hydrogens (tertiary/aromatic N) is 3. The average molecular weight is 470 g/mol. The highest BCUT2D eigenvalue weighted by Crippen LogP contribution is 2.22. The number of allylic oxidation sites excluding steroid dienone is 1. The fourth-order valence-electron chi connectivity index (χ4n) is 3.51. The van der Waals surface area contributed by atoms with Gasteiger partial charge in [-0.2, -0.15) is 4.99 Å². The number of sulfone groups is 1. The Morgan fingerprint density at radius 1 is 1.37 bits per heavy atom. The molecule has 0 aliphatic carbocycles. The van der Waals surface area contributed by atoms with Crippen molar-refractivity contribution in [3.63, 3.8) is 0 Å². The number of rotatable bonds is 6. The van der Waals surface area contributed by atoms with Crippen LogP contribution in [0.25, 0.3) is 10.2 Å². The number of thiazole rings is 1. The number of hydrogen-bond donors (Lipinski definition) is 0. The lowest BCUT2D eigenvalue weighted by atomic mass is 10.0. The molecule has 1 aromatic heterocycles. The predicted molar refractivity (Wildman–Crippen MR) is 119 cm³/mol. The number of benzene rings is 1. The summed E-state index contributed by atoms with van der Waals surface area (Å²) in [7, 11) is -3.91. The summed E-state index contributed by atoms with van der Waals surface area (Å²) in [5.41, 5.74) is 0.827. The van der Waals surface area contributed by atoms with Crippen LogP contribution in [0.1, 0.15) is 19.8 Å². The molecule has 2 amide bonds. The standard InChI is InChI=1S/C20H24ClN3O4S2/c1-3-8-24-16-7-6-15(21)10-17(16)29-20(24)22-18(25)12-30(27,28)13-19(26)23-9-4-5-14(2)11-23/h3,6-7,10,14H,1,4-5,8-9,11-13H2,2H3. The van der Waals surface area contributed by atoms with E-state index in [-0.39, 0.29) is 0 Å². The van der Waals surface area contributed by atoms with Gasteiger partial charge in [-0.15, -0.1) is 6.58 Å². The fourth-order valence-corrected chi connectivity index (χ4v) is 5.95. The van der Waals surface area contributed by atoms with Crippen LogP contribution in [-0.2, 0) is 26.0 Å². The van der Waals surface area contributed by atoms with E-state index in [0.717, 1.165) is 23.1 Å². The van der Waals surface area contributed by atoms with Gasteiger partial charge in [-0.05, 0) is 37.0 Å². The summed E-state index contributed by atoms with van der Waals surface area (Å²) in [4.78, 5) is 30.7. The van der Waals surface area contributed by atoms with Crippen molar-refractivity contribution in [2.75, 3.05) is 24.6 Å². The zero-order valence-electron chi connectivity index (χ0n) is 16.7. The van der Waals surface area contributed by atoms with Crippen LogP contribution in [-0.4, -0.2) is 54.3 Å². The highest BCUT2D eigenvalue weighted by atomic mass is 35.5. The van der Waals surface area contributed by atoms with Gasteiger partial charge in [-0.1, -0.05) is 35.9 Å². The van der Waals surface area contributed by atoms with E-state index in [9.17, 15) is 18.0 Å². The van der Waals surface area contributed by atoms with Crippen molar-refractivity contribution in [3.8, 4) is 0 Å². The maximum absolute atomic E-state index is 12.4. The first kappa shape index (κ1) is 22.7. The van der Waals surface area contributed by atoms with Crippen molar-refractivity contribution in [3.05, 3.63) is 40.7 Å². The molecule has 0 N–H and O–H groups in total. The Labute approximate surface area is 184 Å². The SMILES string of the molecule is C=CCn1c(=NC(=O)CS(=O)(=O)CC(=O)N2CCCC(C)C2)sc2cc(Cl)ccc21. The molecule has 0 spiro atoms. The third-order valence-corrected chi connectivity index (χ3v) is 7.52. The number of amides is 2. The van der Waals surface area contributed by atoms with Gasteiger partial charge < -0.3 is 9.47 Å². The quantitative estimate of drug-likeness (QED) is 0.608. The van der Waals surface area contributed by atoms with Crippen LogP contribution in [0.5, 0.6) is 0 Å². The lowest BCUT2D eigenvalue weighted by molar-refractivity contribution is -0.130. The molecule has 1 fully saturated rings. The lowest BCUT2D eigenvalue weighted by Gasteiger charge is -2.30. The highest BCUT2D eigenvalue weighted by molar-refractivity contribution is 7.92. The van der Waals surface area contributed by atoms with Crippen LogP contribution in [0.15, 0.2) is 35.8 Å². The van der Waals surface area contributed by atoms with Gasteiger partial charge in [0.25, 0.3) is 5.91 Å². The molecule has 0 bridgehead atoms. The first-order valence-corrected chi connectivity index (χ1v) is 12.7. The minimum absolute atomic E-state index is 0.351. The van der Waals surface area contributed by atoms with E-state index in [1.54, 1.807) is 27.7 Å². The number of carbonyl (C=O) groups is 2. The Bertz CT molecular complexity index is 1150. The van der Waals surface area contributed by atoms with Gasteiger partial charge in [0.05, 0.1) is 10.2 Å². The van der Waals surface area contributed by atoms with Gasteiger partial charge in [0.15, 0.2) is 14.6 Å². The maximum Gasteiger partial charge on any atom is 0.263 e. The summed E-state index contributed by atoms with van der Waals surface area (Å²) in [5.74, 6) is -2.37. The second-order valence-corrected chi connectivity index (χ2v) is 11.0. The molecule has 1 aromatic carbocycles. The summed E-state index contributed by atoms with van der Waals surface area (Å²) in [6.45, 7) is 7.27. The molecule has 1 aliphatic rings. The van der Waals surface area contributed by atoms with Gasteiger partial charge in [0.1, 0.15) is 11.5 Å². The molecule has 1 atom stereocenters. The number of halogens is 1. The molecule has 7 nitrogen and oxygen atoms in total. The van der Waals surface area contributed by atoms with Gasteiger partial charge in [-0.25, -0.2) is 8.42 Å². The van der Waals surface area contributed by atoms with E-state index in [2.05, 4.69) is 11.6 Å². The van der Waals surface area contributed by atoms with Gasteiger partial charge in [-0.3, -0.25) is 9.59 Å². The molecule has 1 saturated heterocycles. The highest BCUT2D eigenvalue weighted by Gasteiger charge is 2.27. The molecule has 2 aromatic rings. The Balaban J connectivity index is 1.78. The first-order chi connectivity index (χ1) is 14.2. The molecular formula is C20H24ClN3O4S2.